The van der Waals surface area contributed by atoms with Crippen molar-refractivity contribution in [1.82, 2.24) is 10.2 Å². The molecule has 1 aromatic heterocycles. The van der Waals surface area contributed by atoms with Crippen LogP contribution in [-0.4, -0.2) is 31.1 Å². The molecular weight excluding hydrogens is 260 g/mol. The number of piperidine rings is 1. The molecule has 0 unspecified atom stereocenters. The van der Waals surface area contributed by atoms with Gasteiger partial charge in [0.2, 0.25) is 0 Å². The molecule has 1 aromatic carbocycles. The third kappa shape index (κ3) is 3.30. The fourth-order valence-corrected chi connectivity index (χ4v) is 3.35. The van der Waals surface area contributed by atoms with Crippen LogP contribution in [0.5, 0.6) is 0 Å². The minimum atomic E-state index is 0.825. The summed E-state index contributed by atoms with van der Waals surface area (Å²) in [6.07, 6.45) is 2.65. The molecule has 0 saturated carbocycles. The molecule has 2 aromatic rings. The molecule has 1 saturated heterocycles. The van der Waals surface area contributed by atoms with Crippen molar-refractivity contribution in [3.8, 4) is 0 Å². The molecule has 1 aliphatic heterocycles. The van der Waals surface area contributed by atoms with Gasteiger partial charge in [-0.2, -0.15) is 0 Å². The first-order chi connectivity index (χ1) is 10.3. The van der Waals surface area contributed by atoms with E-state index in [2.05, 4.69) is 36.2 Å². The average Bonchev–Trinajstić information content (AvgIpc) is 2.84. The van der Waals surface area contributed by atoms with E-state index in [1.807, 2.05) is 12.1 Å². The van der Waals surface area contributed by atoms with E-state index in [0.29, 0.717) is 0 Å². The maximum Gasteiger partial charge on any atom is 0.134 e. The Morgan fingerprint density at radius 2 is 2.00 bits per heavy atom. The molecule has 0 aliphatic carbocycles. The fraction of sp³-hybridized carbons (Fsp3) is 0.556. The Hall–Kier alpha value is -1.32. The van der Waals surface area contributed by atoms with Gasteiger partial charge in [-0.25, -0.2) is 0 Å². The molecule has 0 radical (unpaired) electrons. The Morgan fingerprint density at radius 3 is 2.76 bits per heavy atom. The van der Waals surface area contributed by atoms with E-state index >= 15 is 0 Å². The van der Waals surface area contributed by atoms with Gasteiger partial charge >= 0.3 is 0 Å². The average molecular weight is 286 g/mol. The lowest BCUT2D eigenvalue weighted by Gasteiger charge is -2.31. The summed E-state index contributed by atoms with van der Waals surface area (Å²) in [5.74, 6) is 1.87. The van der Waals surface area contributed by atoms with Crippen LogP contribution in [0.3, 0.4) is 0 Å². The van der Waals surface area contributed by atoms with Gasteiger partial charge in [-0.05, 0) is 57.9 Å². The second-order valence-corrected chi connectivity index (χ2v) is 6.14. The van der Waals surface area contributed by atoms with Crippen LogP contribution in [0.2, 0.25) is 0 Å². The molecule has 2 heterocycles. The Morgan fingerprint density at radius 1 is 1.24 bits per heavy atom. The molecule has 1 N–H and O–H groups in total. The monoisotopic (exact) mass is 286 g/mol. The summed E-state index contributed by atoms with van der Waals surface area (Å²) < 4.78 is 5.82. The molecule has 3 heteroatoms. The molecule has 0 bridgehead atoms. The first-order valence-corrected chi connectivity index (χ1v) is 8.18. The molecule has 0 amide bonds. The van der Waals surface area contributed by atoms with Gasteiger partial charge in [-0.1, -0.05) is 25.1 Å². The highest BCUT2D eigenvalue weighted by molar-refractivity contribution is 5.82. The van der Waals surface area contributed by atoms with Crippen LogP contribution in [0, 0.1) is 12.8 Å². The number of nitrogens with one attached hydrogen (secondary N) is 1. The third-order valence-electron chi connectivity index (χ3n) is 4.79. The van der Waals surface area contributed by atoms with Crippen LogP contribution in [0.15, 0.2) is 28.7 Å². The number of likely N-dealkylation sites (tertiary alicyclic amines) is 1. The number of para-hydroxylation sites is 1. The van der Waals surface area contributed by atoms with Crippen molar-refractivity contribution in [1.29, 1.82) is 0 Å². The van der Waals surface area contributed by atoms with E-state index in [1.165, 1.54) is 43.4 Å². The van der Waals surface area contributed by atoms with Crippen molar-refractivity contribution in [3.05, 3.63) is 35.6 Å². The molecule has 0 spiro atoms. The molecular formula is C18H26N2O. The van der Waals surface area contributed by atoms with Crippen LogP contribution < -0.4 is 5.32 Å². The second kappa shape index (κ2) is 6.63. The number of benzene rings is 1. The second-order valence-electron chi connectivity index (χ2n) is 6.14. The highest BCUT2D eigenvalue weighted by Crippen LogP contribution is 2.25. The first-order valence-electron chi connectivity index (χ1n) is 8.18. The minimum Gasteiger partial charge on any atom is -0.461 e. The largest absolute Gasteiger partial charge is 0.461 e. The van der Waals surface area contributed by atoms with Crippen molar-refractivity contribution in [2.45, 2.75) is 33.2 Å². The predicted molar refractivity (Wildman–Crippen MR) is 87.5 cm³/mol. The molecule has 114 valence electrons. The summed E-state index contributed by atoms with van der Waals surface area (Å²) in [5.41, 5.74) is 2.32. The lowest BCUT2D eigenvalue weighted by Crippen LogP contribution is -2.36. The summed E-state index contributed by atoms with van der Waals surface area (Å²) in [5, 5.41) is 4.90. The Balaban J connectivity index is 1.54. The maximum absolute atomic E-state index is 5.82. The topological polar surface area (TPSA) is 28.4 Å². The van der Waals surface area contributed by atoms with Crippen molar-refractivity contribution >= 4 is 11.0 Å². The molecule has 3 rings (SSSR count). The first kappa shape index (κ1) is 14.6. The zero-order valence-electron chi connectivity index (χ0n) is 13.2. The number of aryl methyl sites for hydroxylation is 1. The van der Waals surface area contributed by atoms with E-state index in [9.17, 15) is 0 Å². The number of rotatable bonds is 5. The standard InChI is InChI=1S/C18H26N2O/c1-3-20-10-8-15(9-11-20)12-19-13-17-14(2)21-18-7-5-4-6-16(17)18/h4-7,15,19H,3,8-13H2,1-2H3. The highest BCUT2D eigenvalue weighted by Gasteiger charge is 2.18. The van der Waals surface area contributed by atoms with E-state index in [4.69, 9.17) is 4.42 Å². The molecule has 3 nitrogen and oxygen atoms in total. The molecule has 0 atom stereocenters. The van der Waals surface area contributed by atoms with Gasteiger partial charge < -0.3 is 14.6 Å². The zero-order valence-corrected chi connectivity index (χ0v) is 13.2. The van der Waals surface area contributed by atoms with Gasteiger partial charge in [-0.15, -0.1) is 0 Å². The van der Waals surface area contributed by atoms with Crippen LogP contribution >= 0.6 is 0 Å². The highest BCUT2D eigenvalue weighted by atomic mass is 16.3. The van der Waals surface area contributed by atoms with Crippen molar-refractivity contribution < 1.29 is 4.42 Å². The van der Waals surface area contributed by atoms with Crippen LogP contribution in [0.4, 0.5) is 0 Å². The fourth-order valence-electron chi connectivity index (χ4n) is 3.35. The van der Waals surface area contributed by atoms with Crippen molar-refractivity contribution in [3.63, 3.8) is 0 Å². The normalized spacial score (nSPS) is 17.6. The summed E-state index contributed by atoms with van der Waals surface area (Å²) in [4.78, 5) is 2.55. The van der Waals surface area contributed by atoms with Gasteiger partial charge in [0.25, 0.3) is 0 Å². The number of hydrogen-bond donors (Lipinski definition) is 1. The number of furan rings is 1. The van der Waals surface area contributed by atoms with Gasteiger partial charge in [0.1, 0.15) is 11.3 Å². The van der Waals surface area contributed by atoms with Gasteiger partial charge in [0.15, 0.2) is 0 Å². The quantitative estimate of drug-likeness (QED) is 0.911. The molecule has 1 fully saturated rings. The minimum absolute atomic E-state index is 0.825. The lowest BCUT2D eigenvalue weighted by molar-refractivity contribution is 0.190. The molecule has 1 aliphatic rings. The zero-order chi connectivity index (χ0) is 14.7. The van der Waals surface area contributed by atoms with E-state index < -0.39 is 0 Å². The Kier molecular flexibility index (Phi) is 4.61. The SMILES string of the molecule is CCN1CCC(CNCc2c(C)oc3ccccc23)CC1. The predicted octanol–water partition coefficient (Wildman–Crippen LogP) is 3.56. The van der Waals surface area contributed by atoms with E-state index in [0.717, 1.165) is 30.4 Å². The third-order valence-corrected chi connectivity index (χ3v) is 4.79. The van der Waals surface area contributed by atoms with Crippen LogP contribution in [0.1, 0.15) is 31.1 Å². The van der Waals surface area contributed by atoms with E-state index in [1.54, 1.807) is 0 Å². The van der Waals surface area contributed by atoms with Gasteiger partial charge in [-0.3, -0.25) is 0 Å². The van der Waals surface area contributed by atoms with Gasteiger partial charge in [0.05, 0.1) is 0 Å². The Bertz CT molecular complexity index is 582. The van der Waals surface area contributed by atoms with Crippen molar-refractivity contribution in [2.24, 2.45) is 5.92 Å². The summed E-state index contributed by atoms with van der Waals surface area (Å²) in [6, 6.07) is 8.32. The number of fused-ring (bicyclic) bond motifs is 1. The summed E-state index contributed by atoms with van der Waals surface area (Å²) in [7, 11) is 0. The van der Waals surface area contributed by atoms with E-state index in [-0.39, 0.29) is 0 Å². The van der Waals surface area contributed by atoms with Crippen molar-refractivity contribution in [2.75, 3.05) is 26.2 Å². The Labute approximate surface area is 127 Å². The van der Waals surface area contributed by atoms with Crippen LogP contribution in [-0.2, 0) is 6.54 Å². The lowest BCUT2D eigenvalue weighted by atomic mass is 9.96. The van der Waals surface area contributed by atoms with Gasteiger partial charge in [0, 0.05) is 17.5 Å². The number of hydrogen-bond acceptors (Lipinski definition) is 3. The molecule has 21 heavy (non-hydrogen) atoms. The van der Waals surface area contributed by atoms with Crippen LogP contribution in [0.25, 0.3) is 11.0 Å². The maximum atomic E-state index is 5.82. The smallest absolute Gasteiger partial charge is 0.134 e. The summed E-state index contributed by atoms with van der Waals surface area (Å²) >= 11 is 0. The summed E-state index contributed by atoms with van der Waals surface area (Å²) in [6.45, 7) is 10.1. The number of nitrogens with zero attached hydrogens (tertiary/aromatic N) is 1.